The van der Waals surface area contributed by atoms with E-state index in [4.69, 9.17) is 10.5 Å². The second-order valence-corrected chi connectivity index (χ2v) is 4.61. The maximum Gasteiger partial charge on any atom is 0.296 e. The fourth-order valence-electron chi connectivity index (χ4n) is 1.91. The van der Waals surface area contributed by atoms with E-state index in [-0.39, 0.29) is 23.7 Å². The number of nitrogens with zero attached hydrogens (tertiary/aromatic N) is 1. The molecule has 0 radical (unpaired) electrons. The number of benzene rings is 2. The van der Waals surface area contributed by atoms with Gasteiger partial charge in [0.25, 0.3) is 5.69 Å². The van der Waals surface area contributed by atoms with Crippen LogP contribution >= 0.6 is 0 Å². The molecular formula is C15H15N3O4. The van der Waals surface area contributed by atoms with Crippen LogP contribution in [0.4, 0.5) is 17.1 Å². The Morgan fingerprint density at radius 2 is 1.95 bits per heavy atom. The Kier molecular flexibility index (Phi) is 4.57. The van der Waals surface area contributed by atoms with Gasteiger partial charge in [0.2, 0.25) is 5.91 Å². The molecule has 1 amide bonds. The number of rotatable bonds is 5. The van der Waals surface area contributed by atoms with Crippen LogP contribution in [0.1, 0.15) is 5.56 Å². The molecule has 7 heteroatoms. The van der Waals surface area contributed by atoms with E-state index >= 15 is 0 Å². The number of ether oxygens (including phenoxy) is 1. The molecule has 0 fully saturated rings. The molecule has 0 unspecified atom stereocenters. The number of nitrogen functional groups attached to an aromatic ring is 1. The van der Waals surface area contributed by atoms with Crippen LogP contribution in [-0.4, -0.2) is 17.9 Å². The fourth-order valence-corrected chi connectivity index (χ4v) is 1.91. The highest BCUT2D eigenvalue weighted by molar-refractivity contribution is 5.94. The van der Waals surface area contributed by atoms with Crippen molar-refractivity contribution in [3.8, 4) is 5.75 Å². The summed E-state index contributed by atoms with van der Waals surface area (Å²) in [5.74, 6) is 0.00118. The number of amides is 1. The summed E-state index contributed by atoms with van der Waals surface area (Å²) in [7, 11) is 1.42. The van der Waals surface area contributed by atoms with Gasteiger partial charge in [-0.15, -0.1) is 0 Å². The maximum absolute atomic E-state index is 12.0. The third-order valence-corrected chi connectivity index (χ3v) is 3.02. The van der Waals surface area contributed by atoms with Crippen LogP contribution in [0.5, 0.6) is 5.75 Å². The molecule has 2 aromatic rings. The molecule has 0 atom stereocenters. The zero-order chi connectivity index (χ0) is 16.1. The SMILES string of the molecule is COc1ccc(NC(=O)Cc2ccc(N)cc2)c([N+](=O)[O-])c1. The van der Waals surface area contributed by atoms with Crippen molar-refractivity contribution in [2.24, 2.45) is 0 Å². The van der Waals surface area contributed by atoms with E-state index in [0.717, 1.165) is 5.56 Å². The Morgan fingerprint density at radius 3 is 2.55 bits per heavy atom. The van der Waals surface area contributed by atoms with E-state index in [1.807, 2.05) is 0 Å². The molecule has 0 saturated heterocycles. The summed E-state index contributed by atoms with van der Waals surface area (Å²) in [6.45, 7) is 0. The summed E-state index contributed by atoms with van der Waals surface area (Å²) < 4.78 is 4.94. The average Bonchev–Trinajstić information content (AvgIpc) is 2.49. The van der Waals surface area contributed by atoms with Gasteiger partial charge < -0.3 is 15.8 Å². The van der Waals surface area contributed by atoms with Gasteiger partial charge in [0.05, 0.1) is 24.5 Å². The normalized spacial score (nSPS) is 10.0. The number of carbonyl (C=O) groups is 1. The highest BCUT2D eigenvalue weighted by atomic mass is 16.6. The van der Waals surface area contributed by atoms with Gasteiger partial charge in [0, 0.05) is 5.69 Å². The zero-order valence-corrected chi connectivity index (χ0v) is 11.9. The van der Waals surface area contributed by atoms with E-state index in [9.17, 15) is 14.9 Å². The Balaban J connectivity index is 2.14. The smallest absolute Gasteiger partial charge is 0.296 e. The molecule has 0 saturated carbocycles. The lowest BCUT2D eigenvalue weighted by Crippen LogP contribution is -2.15. The minimum atomic E-state index is -0.568. The van der Waals surface area contributed by atoms with Crippen molar-refractivity contribution in [1.82, 2.24) is 0 Å². The van der Waals surface area contributed by atoms with Gasteiger partial charge in [-0.1, -0.05) is 12.1 Å². The molecular weight excluding hydrogens is 286 g/mol. The van der Waals surface area contributed by atoms with Crippen molar-refractivity contribution in [2.75, 3.05) is 18.2 Å². The molecule has 0 aliphatic rings. The van der Waals surface area contributed by atoms with E-state index in [1.54, 1.807) is 30.3 Å². The average molecular weight is 301 g/mol. The first-order chi connectivity index (χ1) is 10.5. The highest BCUT2D eigenvalue weighted by Gasteiger charge is 2.17. The molecule has 0 heterocycles. The van der Waals surface area contributed by atoms with E-state index in [1.165, 1.54) is 19.2 Å². The van der Waals surface area contributed by atoms with Crippen molar-refractivity contribution in [3.63, 3.8) is 0 Å². The van der Waals surface area contributed by atoms with Gasteiger partial charge in [-0.25, -0.2) is 0 Å². The van der Waals surface area contributed by atoms with Gasteiger partial charge in [0.15, 0.2) is 0 Å². The second-order valence-electron chi connectivity index (χ2n) is 4.61. The summed E-state index contributed by atoms with van der Waals surface area (Å²) in [5.41, 5.74) is 6.86. The van der Waals surface area contributed by atoms with Crippen LogP contribution in [-0.2, 0) is 11.2 Å². The van der Waals surface area contributed by atoms with E-state index < -0.39 is 4.92 Å². The Hall–Kier alpha value is -3.09. The van der Waals surface area contributed by atoms with Gasteiger partial charge in [-0.2, -0.15) is 0 Å². The Morgan fingerprint density at radius 1 is 1.27 bits per heavy atom. The van der Waals surface area contributed by atoms with Crippen LogP contribution in [0.25, 0.3) is 0 Å². The number of nitrogens with one attached hydrogen (secondary N) is 1. The summed E-state index contributed by atoms with van der Waals surface area (Å²) in [6.07, 6.45) is 0.101. The minimum Gasteiger partial charge on any atom is -0.496 e. The molecule has 22 heavy (non-hydrogen) atoms. The van der Waals surface area contributed by atoms with E-state index in [2.05, 4.69) is 5.32 Å². The molecule has 0 spiro atoms. The number of carbonyl (C=O) groups excluding carboxylic acids is 1. The monoisotopic (exact) mass is 301 g/mol. The summed E-state index contributed by atoms with van der Waals surface area (Å²) in [4.78, 5) is 22.5. The summed E-state index contributed by atoms with van der Waals surface area (Å²) in [5, 5.41) is 13.6. The molecule has 3 N–H and O–H groups in total. The zero-order valence-electron chi connectivity index (χ0n) is 11.9. The van der Waals surface area contributed by atoms with Crippen molar-refractivity contribution < 1.29 is 14.5 Å². The summed E-state index contributed by atoms with van der Waals surface area (Å²) >= 11 is 0. The van der Waals surface area contributed by atoms with E-state index in [0.29, 0.717) is 11.4 Å². The lowest BCUT2D eigenvalue weighted by atomic mass is 10.1. The van der Waals surface area contributed by atoms with Gasteiger partial charge in [0.1, 0.15) is 11.4 Å². The summed E-state index contributed by atoms with van der Waals surface area (Å²) in [6, 6.07) is 11.1. The minimum absolute atomic E-state index is 0.101. The van der Waals surface area contributed by atoms with Crippen molar-refractivity contribution in [1.29, 1.82) is 0 Å². The third-order valence-electron chi connectivity index (χ3n) is 3.02. The number of anilines is 2. The quantitative estimate of drug-likeness (QED) is 0.501. The molecule has 0 aromatic heterocycles. The number of hydrogen-bond acceptors (Lipinski definition) is 5. The molecule has 2 rings (SSSR count). The molecule has 2 aromatic carbocycles. The number of nitro groups is 1. The number of methoxy groups -OCH3 is 1. The number of nitro benzene ring substituents is 1. The third kappa shape index (κ3) is 3.72. The van der Waals surface area contributed by atoms with Crippen LogP contribution in [0, 0.1) is 10.1 Å². The maximum atomic E-state index is 12.0. The number of nitrogens with two attached hydrogens (primary N) is 1. The van der Waals surface area contributed by atoms with Gasteiger partial charge in [-0.3, -0.25) is 14.9 Å². The standard InChI is InChI=1S/C15H15N3O4/c1-22-12-6-7-13(14(9-12)18(20)21)17-15(19)8-10-2-4-11(16)5-3-10/h2-7,9H,8,16H2,1H3,(H,17,19). The van der Waals surface area contributed by atoms with Crippen molar-refractivity contribution in [3.05, 3.63) is 58.1 Å². The lowest BCUT2D eigenvalue weighted by Gasteiger charge is -2.08. The highest BCUT2D eigenvalue weighted by Crippen LogP contribution is 2.29. The predicted molar refractivity (Wildman–Crippen MR) is 82.8 cm³/mol. The van der Waals surface area contributed by atoms with Gasteiger partial charge >= 0.3 is 0 Å². The molecule has 114 valence electrons. The van der Waals surface area contributed by atoms with Gasteiger partial charge in [-0.05, 0) is 29.8 Å². The van der Waals surface area contributed by atoms with Crippen molar-refractivity contribution in [2.45, 2.75) is 6.42 Å². The Bertz CT molecular complexity index is 698. The first-order valence-electron chi connectivity index (χ1n) is 6.46. The largest absolute Gasteiger partial charge is 0.496 e. The molecule has 0 aliphatic carbocycles. The molecule has 7 nitrogen and oxygen atoms in total. The van der Waals surface area contributed by atoms with Crippen LogP contribution in [0.2, 0.25) is 0 Å². The first kappa shape index (κ1) is 15.3. The fraction of sp³-hybridized carbons (Fsp3) is 0.133. The van der Waals surface area contributed by atoms with Crippen LogP contribution in [0.3, 0.4) is 0 Å². The topological polar surface area (TPSA) is 107 Å². The predicted octanol–water partition coefficient (Wildman–Crippen LogP) is 2.37. The van der Waals surface area contributed by atoms with Crippen LogP contribution < -0.4 is 15.8 Å². The van der Waals surface area contributed by atoms with Crippen LogP contribution in [0.15, 0.2) is 42.5 Å². The molecule has 0 bridgehead atoms. The first-order valence-corrected chi connectivity index (χ1v) is 6.46. The Labute approximate surface area is 126 Å². The second kappa shape index (κ2) is 6.57. The number of hydrogen-bond donors (Lipinski definition) is 2. The van der Waals surface area contributed by atoms with Crippen molar-refractivity contribution >= 4 is 23.0 Å². The molecule has 0 aliphatic heterocycles. The lowest BCUT2D eigenvalue weighted by molar-refractivity contribution is -0.384.